The Bertz CT molecular complexity index is 771. The van der Waals surface area contributed by atoms with E-state index in [2.05, 4.69) is 15.3 Å². The van der Waals surface area contributed by atoms with Gasteiger partial charge >= 0.3 is 0 Å². The van der Waals surface area contributed by atoms with Crippen LogP contribution in [-0.4, -0.2) is 15.9 Å². The second-order valence-electron chi connectivity index (χ2n) is 7.29. The van der Waals surface area contributed by atoms with Crippen LogP contribution in [0.1, 0.15) is 43.5 Å². The highest BCUT2D eigenvalue weighted by molar-refractivity contribution is 5.93. The molecule has 2 bridgehead atoms. The van der Waals surface area contributed by atoms with Gasteiger partial charge in [0.15, 0.2) is 0 Å². The second kappa shape index (κ2) is 5.59. The third-order valence-electron chi connectivity index (χ3n) is 5.69. The molecule has 0 unspecified atom stereocenters. The first kappa shape index (κ1) is 14.6. The van der Waals surface area contributed by atoms with Crippen LogP contribution in [0.25, 0.3) is 11.0 Å². The average molecular weight is 309 g/mol. The number of anilines is 1. The number of rotatable bonds is 3. The fraction of sp³-hybridized carbons (Fsp3) is 0.526. The Morgan fingerprint density at radius 1 is 1.13 bits per heavy atom. The Labute approximate surface area is 136 Å². The highest BCUT2D eigenvalue weighted by Gasteiger charge is 2.40. The molecule has 2 fully saturated rings. The number of nitrogens with zero attached hydrogens (tertiary/aromatic N) is 2. The first-order valence-electron chi connectivity index (χ1n) is 8.63. The summed E-state index contributed by atoms with van der Waals surface area (Å²) in [5, 5.41) is 3.05. The van der Waals surface area contributed by atoms with E-state index in [-0.39, 0.29) is 5.91 Å². The molecule has 120 valence electrons. The lowest BCUT2D eigenvalue weighted by atomic mass is 9.86. The summed E-state index contributed by atoms with van der Waals surface area (Å²) in [6.45, 7) is 3.93. The zero-order valence-corrected chi connectivity index (χ0v) is 13.8. The molecule has 1 amide bonds. The Balaban J connectivity index is 1.46. The second-order valence-corrected chi connectivity index (χ2v) is 7.29. The molecule has 1 N–H and O–H groups in total. The lowest BCUT2D eigenvalue weighted by Gasteiger charge is -2.20. The van der Waals surface area contributed by atoms with Gasteiger partial charge in [-0.15, -0.1) is 0 Å². The molecule has 1 aromatic carbocycles. The minimum atomic E-state index is 0.138. The summed E-state index contributed by atoms with van der Waals surface area (Å²) in [4.78, 5) is 21.4. The molecule has 1 heterocycles. The predicted octanol–water partition coefficient (Wildman–Crippen LogP) is 4.01. The number of hydrogen-bond donors (Lipinski definition) is 1. The van der Waals surface area contributed by atoms with Crippen LogP contribution in [0.3, 0.4) is 0 Å². The Hall–Kier alpha value is -1.97. The topological polar surface area (TPSA) is 54.9 Å². The molecule has 0 spiro atoms. The third-order valence-corrected chi connectivity index (χ3v) is 5.69. The van der Waals surface area contributed by atoms with Crippen molar-refractivity contribution in [2.24, 2.45) is 17.8 Å². The van der Waals surface area contributed by atoms with E-state index in [9.17, 15) is 4.79 Å². The zero-order valence-electron chi connectivity index (χ0n) is 13.8. The Kier molecular flexibility index (Phi) is 3.55. The monoisotopic (exact) mass is 309 g/mol. The summed E-state index contributed by atoms with van der Waals surface area (Å²) >= 11 is 0. The van der Waals surface area contributed by atoms with E-state index in [4.69, 9.17) is 0 Å². The number of carbonyl (C=O) groups is 1. The minimum absolute atomic E-state index is 0.138. The summed E-state index contributed by atoms with van der Waals surface area (Å²) in [6.07, 6.45) is 5.97. The maximum atomic E-state index is 12.4. The van der Waals surface area contributed by atoms with Crippen LogP contribution in [0.5, 0.6) is 0 Å². The highest BCUT2D eigenvalue weighted by Crippen LogP contribution is 2.49. The zero-order chi connectivity index (χ0) is 16.0. The van der Waals surface area contributed by atoms with E-state index in [1.807, 2.05) is 32.0 Å². The average Bonchev–Trinajstić information content (AvgIpc) is 3.11. The van der Waals surface area contributed by atoms with Gasteiger partial charge in [0, 0.05) is 12.1 Å². The van der Waals surface area contributed by atoms with Crippen molar-refractivity contribution in [3.8, 4) is 0 Å². The maximum absolute atomic E-state index is 12.4. The molecule has 4 heteroatoms. The van der Waals surface area contributed by atoms with E-state index in [1.165, 1.54) is 25.7 Å². The molecule has 4 nitrogen and oxygen atoms in total. The number of aromatic nitrogens is 2. The van der Waals surface area contributed by atoms with Crippen LogP contribution >= 0.6 is 0 Å². The number of fused-ring (bicyclic) bond motifs is 3. The molecule has 2 aliphatic rings. The molecule has 23 heavy (non-hydrogen) atoms. The predicted molar refractivity (Wildman–Crippen MR) is 91.2 cm³/mol. The number of benzene rings is 1. The fourth-order valence-corrected chi connectivity index (χ4v) is 4.39. The summed E-state index contributed by atoms with van der Waals surface area (Å²) in [5.41, 5.74) is 4.42. The largest absolute Gasteiger partial charge is 0.326 e. The van der Waals surface area contributed by atoms with Gasteiger partial charge in [-0.25, -0.2) is 9.97 Å². The molecular formula is C19H23N3O. The van der Waals surface area contributed by atoms with Gasteiger partial charge in [0.1, 0.15) is 0 Å². The van der Waals surface area contributed by atoms with E-state index >= 15 is 0 Å². The molecule has 4 rings (SSSR count). The van der Waals surface area contributed by atoms with E-state index in [1.54, 1.807) is 0 Å². The Morgan fingerprint density at radius 2 is 1.91 bits per heavy atom. The van der Waals surface area contributed by atoms with Crippen molar-refractivity contribution in [1.29, 1.82) is 0 Å². The smallest absolute Gasteiger partial charge is 0.224 e. The van der Waals surface area contributed by atoms with E-state index in [0.717, 1.165) is 39.9 Å². The van der Waals surface area contributed by atoms with Crippen LogP contribution in [0, 0.1) is 31.6 Å². The SMILES string of the molecule is Cc1nc2ccc(NC(=O)C[C@@H]3C[C@@H]4CC[C@@H]3C4)cc2nc1C. The van der Waals surface area contributed by atoms with Crippen molar-refractivity contribution >= 4 is 22.6 Å². The van der Waals surface area contributed by atoms with Gasteiger partial charge in [0.2, 0.25) is 5.91 Å². The molecule has 0 radical (unpaired) electrons. The number of nitrogens with one attached hydrogen (secondary N) is 1. The van der Waals surface area contributed by atoms with Crippen LogP contribution in [0.15, 0.2) is 18.2 Å². The van der Waals surface area contributed by atoms with Gasteiger partial charge < -0.3 is 5.32 Å². The normalized spacial score (nSPS) is 25.9. The first-order valence-corrected chi connectivity index (χ1v) is 8.63. The molecule has 2 aliphatic carbocycles. The van der Waals surface area contributed by atoms with E-state index in [0.29, 0.717) is 12.3 Å². The lowest BCUT2D eigenvalue weighted by Crippen LogP contribution is -2.20. The van der Waals surface area contributed by atoms with Crippen LogP contribution in [-0.2, 0) is 4.79 Å². The molecule has 0 aliphatic heterocycles. The van der Waals surface area contributed by atoms with Gasteiger partial charge in [-0.3, -0.25) is 4.79 Å². The van der Waals surface area contributed by atoms with Gasteiger partial charge in [0.05, 0.1) is 22.4 Å². The van der Waals surface area contributed by atoms with Crippen LogP contribution < -0.4 is 5.32 Å². The summed E-state index contributed by atoms with van der Waals surface area (Å²) in [6, 6.07) is 5.78. The van der Waals surface area contributed by atoms with Crippen molar-refractivity contribution < 1.29 is 4.79 Å². The van der Waals surface area contributed by atoms with Crippen molar-refractivity contribution in [2.75, 3.05) is 5.32 Å². The molecule has 2 saturated carbocycles. The third kappa shape index (κ3) is 2.82. The molecule has 2 aromatic rings. The maximum Gasteiger partial charge on any atom is 0.224 e. The summed E-state index contributed by atoms with van der Waals surface area (Å²) in [5.74, 6) is 2.41. The van der Waals surface area contributed by atoms with Crippen molar-refractivity contribution in [1.82, 2.24) is 9.97 Å². The first-order chi connectivity index (χ1) is 11.1. The lowest BCUT2D eigenvalue weighted by molar-refractivity contribution is -0.117. The van der Waals surface area contributed by atoms with Gasteiger partial charge in [0.25, 0.3) is 0 Å². The van der Waals surface area contributed by atoms with Gasteiger partial charge in [-0.05, 0) is 69.1 Å². The van der Waals surface area contributed by atoms with Crippen molar-refractivity contribution in [3.05, 3.63) is 29.6 Å². The molecule has 1 aromatic heterocycles. The molecular weight excluding hydrogens is 286 g/mol. The molecule has 0 saturated heterocycles. The minimum Gasteiger partial charge on any atom is -0.326 e. The van der Waals surface area contributed by atoms with Gasteiger partial charge in [-0.1, -0.05) is 6.42 Å². The standard InChI is InChI=1S/C19H23N3O/c1-11-12(2)21-18-10-16(5-6-17(18)20-11)22-19(23)9-15-8-13-3-4-14(15)7-13/h5-6,10,13-15H,3-4,7-9H2,1-2H3,(H,22,23)/t13-,14-,15+/m1/s1. The summed E-state index contributed by atoms with van der Waals surface area (Å²) < 4.78 is 0. The van der Waals surface area contributed by atoms with Crippen LogP contribution in [0.4, 0.5) is 5.69 Å². The number of hydrogen-bond acceptors (Lipinski definition) is 3. The Morgan fingerprint density at radius 3 is 2.61 bits per heavy atom. The quantitative estimate of drug-likeness (QED) is 0.932. The summed E-state index contributed by atoms with van der Waals surface area (Å²) in [7, 11) is 0. The number of aryl methyl sites for hydroxylation is 2. The van der Waals surface area contributed by atoms with Gasteiger partial charge in [-0.2, -0.15) is 0 Å². The number of amides is 1. The van der Waals surface area contributed by atoms with E-state index < -0.39 is 0 Å². The highest BCUT2D eigenvalue weighted by atomic mass is 16.1. The number of carbonyl (C=O) groups excluding carboxylic acids is 1. The molecule has 3 atom stereocenters. The van der Waals surface area contributed by atoms with Crippen LogP contribution in [0.2, 0.25) is 0 Å². The van der Waals surface area contributed by atoms with Crippen molar-refractivity contribution in [3.63, 3.8) is 0 Å². The fourth-order valence-electron chi connectivity index (χ4n) is 4.39. The van der Waals surface area contributed by atoms with Crippen molar-refractivity contribution in [2.45, 2.75) is 46.0 Å².